The summed E-state index contributed by atoms with van der Waals surface area (Å²) in [5, 5.41) is 3.53. The van der Waals surface area contributed by atoms with Crippen molar-refractivity contribution in [3.8, 4) is 0 Å². The van der Waals surface area contributed by atoms with E-state index < -0.39 is 0 Å². The summed E-state index contributed by atoms with van der Waals surface area (Å²) in [7, 11) is 1.62. The van der Waals surface area contributed by atoms with Crippen LogP contribution in [0.25, 0.3) is 0 Å². The second-order valence-corrected chi connectivity index (χ2v) is 1.20. The summed E-state index contributed by atoms with van der Waals surface area (Å²) < 4.78 is 0. The van der Waals surface area contributed by atoms with Gasteiger partial charge in [0.2, 0.25) is 0 Å². The van der Waals surface area contributed by atoms with Crippen LogP contribution >= 0.6 is 0 Å². The second-order valence-electron chi connectivity index (χ2n) is 1.20. The molecule has 0 aromatic heterocycles. The molecule has 8 heavy (non-hydrogen) atoms. The summed E-state index contributed by atoms with van der Waals surface area (Å²) in [6, 6.07) is 0. The molecule has 0 heterocycles. The molecule has 0 amide bonds. The van der Waals surface area contributed by atoms with E-state index in [2.05, 4.69) is 10.5 Å². The van der Waals surface area contributed by atoms with Gasteiger partial charge in [0.15, 0.2) is 0 Å². The lowest BCUT2D eigenvalue weighted by Gasteiger charge is -1.90. The number of nitrogens with zero attached hydrogens (tertiary/aromatic N) is 1. The van der Waals surface area contributed by atoms with Crippen molar-refractivity contribution in [2.24, 2.45) is 10.8 Å². The number of rotatable bonds is 3. The maximum atomic E-state index is 9.70. The minimum absolute atomic E-state index is 0.195. The quantitative estimate of drug-likeness (QED) is 0.216. The smallest absolute Gasteiger partial charge is 0.127 e. The molecule has 3 N–H and O–H groups in total. The van der Waals surface area contributed by atoms with Gasteiger partial charge in [-0.2, -0.15) is 5.10 Å². The molecular formula is C4H9N3O. The summed E-state index contributed by atoms with van der Waals surface area (Å²) in [6.07, 6.45) is 0.900. The molecule has 0 aromatic rings. The monoisotopic (exact) mass is 115 g/mol. The van der Waals surface area contributed by atoms with Gasteiger partial charge in [0.25, 0.3) is 0 Å². The first-order chi connectivity index (χ1) is 3.81. The van der Waals surface area contributed by atoms with Gasteiger partial charge in [-0.1, -0.05) is 0 Å². The maximum absolute atomic E-state index is 9.70. The molecule has 4 nitrogen and oxygen atoms in total. The van der Waals surface area contributed by atoms with E-state index in [1.54, 1.807) is 7.05 Å². The minimum Gasteiger partial charge on any atom is -0.385 e. The van der Waals surface area contributed by atoms with Crippen LogP contribution in [-0.4, -0.2) is 19.2 Å². The highest BCUT2D eigenvalue weighted by Gasteiger charge is 1.84. The third-order valence-corrected chi connectivity index (χ3v) is 0.548. The Morgan fingerprint density at radius 1 is 2.00 bits per heavy atom. The summed E-state index contributed by atoms with van der Waals surface area (Å²) in [6.45, 7) is 0. The van der Waals surface area contributed by atoms with Crippen LogP contribution in [0.4, 0.5) is 0 Å². The SMILES string of the molecule is CN/N=C(\N)CC=O. The Morgan fingerprint density at radius 3 is 3.00 bits per heavy atom. The van der Waals surface area contributed by atoms with Crippen LogP contribution in [0.5, 0.6) is 0 Å². The molecule has 0 aliphatic carbocycles. The Balaban J connectivity index is 3.44. The van der Waals surface area contributed by atoms with Crippen LogP contribution in [-0.2, 0) is 4.79 Å². The van der Waals surface area contributed by atoms with Gasteiger partial charge in [0.1, 0.15) is 12.1 Å². The lowest BCUT2D eigenvalue weighted by molar-refractivity contribution is -0.106. The van der Waals surface area contributed by atoms with Gasteiger partial charge in [-0.05, 0) is 0 Å². The lowest BCUT2D eigenvalue weighted by Crippen LogP contribution is -2.15. The fourth-order valence-corrected chi connectivity index (χ4v) is 0.275. The fourth-order valence-electron chi connectivity index (χ4n) is 0.275. The molecule has 0 saturated carbocycles. The Morgan fingerprint density at radius 2 is 2.62 bits per heavy atom. The maximum Gasteiger partial charge on any atom is 0.127 e. The molecule has 0 saturated heterocycles. The van der Waals surface area contributed by atoms with Crippen molar-refractivity contribution in [1.29, 1.82) is 0 Å². The standard InChI is InChI=1S/C4H9N3O/c1-6-7-4(5)2-3-8/h3,6H,2H2,1H3,(H2,5,7). The van der Waals surface area contributed by atoms with E-state index in [0.717, 1.165) is 0 Å². The molecule has 0 radical (unpaired) electrons. The Bertz CT molecular complexity index is 99.5. The number of hydrogen-bond donors (Lipinski definition) is 2. The predicted molar refractivity (Wildman–Crippen MR) is 31.4 cm³/mol. The predicted octanol–water partition coefficient (Wildman–Crippen LogP) is -0.933. The van der Waals surface area contributed by atoms with Crippen molar-refractivity contribution < 1.29 is 4.79 Å². The number of aldehydes is 1. The lowest BCUT2D eigenvalue weighted by atomic mass is 10.4. The van der Waals surface area contributed by atoms with E-state index in [1.807, 2.05) is 0 Å². The molecule has 0 rings (SSSR count). The molecule has 46 valence electrons. The summed E-state index contributed by atoms with van der Waals surface area (Å²) in [4.78, 5) is 9.70. The molecule has 0 aliphatic heterocycles. The molecule has 0 fully saturated rings. The minimum atomic E-state index is 0.195. The van der Waals surface area contributed by atoms with Crippen LogP contribution in [0.3, 0.4) is 0 Å². The zero-order chi connectivity index (χ0) is 6.41. The van der Waals surface area contributed by atoms with Crippen LogP contribution in [0, 0.1) is 0 Å². The van der Waals surface area contributed by atoms with Crippen LogP contribution in [0.1, 0.15) is 6.42 Å². The van der Waals surface area contributed by atoms with E-state index in [-0.39, 0.29) is 6.42 Å². The number of amidine groups is 1. The summed E-state index contributed by atoms with van der Waals surface area (Å²) in [5.41, 5.74) is 7.61. The van der Waals surface area contributed by atoms with Gasteiger partial charge >= 0.3 is 0 Å². The first-order valence-electron chi connectivity index (χ1n) is 2.23. The van der Waals surface area contributed by atoms with Gasteiger partial charge in [0.05, 0.1) is 6.42 Å². The Labute approximate surface area is 47.8 Å². The summed E-state index contributed by atoms with van der Waals surface area (Å²) in [5.74, 6) is 0.308. The van der Waals surface area contributed by atoms with Gasteiger partial charge < -0.3 is 16.0 Å². The molecule has 0 spiro atoms. The summed E-state index contributed by atoms with van der Waals surface area (Å²) >= 11 is 0. The number of nitrogens with one attached hydrogen (secondary N) is 1. The van der Waals surface area contributed by atoms with Crippen LogP contribution in [0.2, 0.25) is 0 Å². The van der Waals surface area contributed by atoms with Crippen molar-refractivity contribution in [1.82, 2.24) is 5.43 Å². The van der Waals surface area contributed by atoms with Crippen molar-refractivity contribution in [2.75, 3.05) is 7.05 Å². The van der Waals surface area contributed by atoms with Gasteiger partial charge in [0, 0.05) is 7.05 Å². The topological polar surface area (TPSA) is 67.5 Å². The first kappa shape index (κ1) is 6.94. The van der Waals surface area contributed by atoms with Crippen molar-refractivity contribution in [3.63, 3.8) is 0 Å². The molecule has 0 aromatic carbocycles. The largest absolute Gasteiger partial charge is 0.385 e. The molecule has 0 bridgehead atoms. The number of hydrogen-bond acceptors (Lipinski definition) is 3. The zero-order valence-corrected chi connectivity index (χ0v) is 4.72. The third-order valence-electron chi connectivity index (χ3n) is 0.548. The number of hydrazone groups is 1. The highest BCUT2D eigenvalue weighted by atomic mass is 16.1. The molecular weight excluding hydrogens is 106 g/mol. The second kappa shape index (κ2) is 4.11. The van der Waals surface area contributed by atoms with Crippen LogP contribution in [0.15, 0.2) is 5.10 Å². The number of carbonyl (C=O) groups excluding carboxylic acids is 1. The van der Waals surface area contributed by atoms with E-state index in [1.165, 1.54) is 0 Å². The molecule has 0 unspecified atom stereocenters. The third kappa shape index (κ3) is 3.14. The van der Waals surface area contributed by atoms with E-state index in [0.29, 0.717) is 12.1 Å². The fraction of sp³-hybridized carbons (Fsp3) is 0.500. The van der Waals surface area contributed by atoms with Gasteiger partial charge in [-0.25, -0.2) is 0 Å². The van der Waals surface area contributed by atoms with Gasteiger partial charge in [-0.15, -0.1) is 0 Å². The zero-order valence-electron chi connectivity index (χ0n) is 4.72. The Kier molecular flexibility index (Phi) is 3.56. The highest BCUT2D eigenvalue weighted by molar-refractivity contribution is 5.90. The van der Waals surface area contributed by atoms with Crippen LogP contribution < -0.4 is 11.2 Å². The number of carbonyl (C=O) groups is 1. The van der Waals surface area contributed by atoms with Crippen molar-refractivity contribution in [2.45, 2.75) is 6.42 Å². The Hall–Kier alpha value is -1.06. The van der Waals surface area contributed by atoms with Crippen molar-refractivity contribution >= 4 is 12.1 Å². The molecule has 0 atom stereocenters. The normalized spacial score (nSPS) is 10.9. The first-order valence-corrected chi connectivity index (χ1v) is 2.23. The highest BCUT2D eigenvalue weighted by Crippen LogP contribution is 1.68. The van der Waals surface area contributed by atoms with E-state index in [9.17, 15) is 4.79 Å². The van der Waals surface area contributed by atoms with E-state index in [4.69, 9.17) is 5.73 Å². The van der Waals surface area contributed by atoms with Crippen molar-refractivity contribution in [3.05, 3.63) is 0 Å². The average molecular weight is 115 g/mol. The van der Waals surface area contributed by atoms with E-state index >= 15 is 0 Å². The average Bonchev–Trinajstić information content (AvgIpc) is 1.68. The molecule has 4 heteroatoms. The molecule has 0 aliphatic rings. The number of nitrogens with two attached hydrogens (primary N) is 1. The van der Waals surface area contributed by atoms with Gasteiger partial charge in [-0.3, -0.25) is 0 Å².